The molecule has 0 aliphatic carbocycles. The van der Waals surface area contributed by atoms with E-state index in [1.165, 1.54) is 17.4 Å². The first-order chi connectivity index (χ1) is 17.0. The number of hydrogen-bond donors (Lipinski definition) is 0. The summed E-state index contributed by atoms with van der Waals surface area (Å²) in [6.45, 7) is 5.87. The molecule has 0 bridgehead atoms. The molecule has 35 heavy (non-hydrogen) atoms. The van der Waals surface area contributed by atoms with E-state index in [1.807, 2.05) is 43.3 Å². The Morgan fingerprint density at radius 2 is 1.77 bits per heavy atom. The van der Waals surface area contributed by atoms with Crippen molar-refractivity contribution in [3.8, 4) is 0 Å². The van der Waals surface area contributed by atoms with Crippen LogP contribution in [0.4, 0.5) is 0 Å². The summed E-state index contributed by atoms with van der Waals surface area (Å²) in [6.07, 6.45) is 4.36. The molecule has 2 amide bonds. The highest BCUT2D eigenvalue weighted by atomic mass is 16.3. The van der Waals surface area contributed by atoms with Crippen LogP contribution >= 0.6 is 0 Å². The monoisotopic (exact) mass is 470 g/mol. The molecule has 7 heteroatoms. The number of carbonyl (C=O) groups is 2. The van der Waals surface area contributed by atoms with Gasteiger partial charge in [-0.25, -0.2) is 0 Å². The van der Waals surface area contributed by atoms with E-state index in [4.69, 9.17) is 8.83 Å². The molecule has 0 saturated heterocycles. The largest absolute Gasteiger partial charge is 0.464 e. The van der Waals surface area contributed by atoms with E-state index in [2.05, 4.69) is 6.58 Å². The predicted molar refractivity (Wildman–Crippen MR) is 133 cm³/mol. The lowest BCUT2D eigenvalue weighted by Crippen LogP contribution is -2.43. The van der Waals surface area contributed by atoms with Gasteiger partial charge in [-0.2, -0.15) is 0 Å². The van der Waals surface area contributed by atoms with Gasteiger partial charge in [0.2, 0.25) is 5.91 Å². The van der Waals surface area contributed by atoms with E-state index in [1.54, 1.807) is 35.2 Å². The number of benzene rings is 2. The van der Waals surface area contributed by atoms with Gasteiger partial charge in [0, 0.05) is 13.1 Å². The van der Waals surface area contributed by atoms with E-state index >= 15 is 0 Å². The van der Waals surface area contributed by atoms with Crippen LogP contribution in [0.15, 0.2) is 99.5 Å². The zero-order valence-electron chi connectivity index (χ0n) is 19.5. The van der Waals surface area contributed by atoms with Crippen LogP contribution in [-0.4, -0.2) is 34.7 Å². The number of fused-ring (bicyclic) bond motifs is 1. The fraction of sp³-hybridized carbons (Fsp3) is 0.179. The lowest BCUT2D eigenvalue weighted by Gasteiger charge is -2.27. The van der Waals surface area contributed by atoms with Gasteiger partial charge < -0.3 is 18.6 Å². The van der Waals surface area contributed by atoms with Crippen molar-refractivity contribution in [3.05, 3.63) is 119 Å². The Hall–Kier alpha value is -4.39. The molecular formula is C28H26N2O5. The van der Waals surface area contributed by atoms with Gasteiger partial charge in [-0.1, -0.05) is 48.0 Å². The molecule has 0 aliphatic heterocycles. The van der Waals surface area contributed by atoms with Crippen molar-refractivity contribution in [1.29, 1.82) is 0 Å². The summed E-state index contributed by atoms with van der Waals surface area (Å²) < 4.78 is 10.9. The maximum absolute atomic E-state index is 13.5. The Bertz CT molecular complexity index is 1390. The quantitative estimate of drug-likeness (QED) is 0.335. The summed E-state index contributed by atoms with van der Waals surface area (Å²) in [5.74, 6) is -0.595. The molecule has 0 spiro atoms. The number of aryl methyl sites for hydroxylation is 1. The predicted octanol–water partition coefficient (Wildman–Crippen LogP) is 4.55. The molecule has 0 unspecified atom stereocenters. The van der Waals surface area contributed by atoms with Gasteiger partial charge in [0.1, 0.15) is 12.1 Å². The van der Waals surface area contributed by atoms with Gasteiger partial charge in [-0.05, 0) is 36.8 Å². The van der Waals surface area contributed by atoms with Crippen LogP contribution in [0.1, 0.15) is 27.2 Å². The third-order valence-corrected chi connectivity index (χ3v) is 5.62. The molecule has 0 saturated carbocycles. The molecule has 0 N–H and O–H groups in total. The van der Waals surface area contributed by atoms with Crippen LogP contribution in [0.25, 0.3) is 11.0 Å². The number of nitrogens with zero attached hydrogens (tertiary/aromatic N) is 2. The first-order valence-corrected chi connectivity index (χ1v) is 11.2. The normalized spacial score (nSPS) is 10.8. The number of hydrogen-bond acceptors (Lipinski definition) is 5. The highest BCUT2D eigenvalue weighted by Crippen LogP contribution is 2.16. The zero-order chi connectivity index (χ0) is 24.8. The van der Waals surface area contributed by atoms with Crippen molar-refractivity contribution >= 4 is 22.8 Å². The molecule has 4 aromatic rings. The molecule has 4 rings (SSSR count). The molecule has 0 fully saturated rings. The van der Waals surface area contributed by atoms with E-state index in [-0.39, 0.29) is 43.3 Å². The van der Waals surface area contributed by atoms with Crippen LogP contribution in [0, 0.1) is 6.92 Å². The summed E-state index contributed by atoms with van der Waals surface area (Å²) >= 11 is 0. The second-order valence-electron chi connectivity index (χ2n) is 8.28. The third kappa shape index (κ3) is 5.58. The SMILES string of the molecule is C=CCN(CC(=O)N(Cc1ccccc1)Cc1coc2ccc(C)cc2c1=O)C(=O)c1ccco1. The summed E-state index contributed by atoms with van der Waals surface area (Å²) in [6, 6.07) is 18.0. The maximum Gasteiger partial charge on any atom is 0.290 e. The fourth-order valence-corrected chi connectivity index (χ4v) is 3.83. The van der Waals surface area contributed by atoms with Gasteiger partial charge in [0.05, 0.1) is 30.0 Å². The Morgan fingerprint density at radius 1 is 0.971 bits per heavy atom. The Labute approximate surface area is 202 Å². The molecule has 2 aromatic heterocycles. The molecule has 0 atom stereocenters. The van der Waals surface area contributed by atoms with Crippen molar-refractivity contribution in [2.24, 2.45) is 0 Å². The van der Waals surface area contributed by atoms with E-state index < -0.39 is 5.91 Å². The smallest absolute Gasteiger partial charge is 0.290 e. The zero-order valence-corrected chi connectivity index (χ0v) is 19.5. The lowest BCUT2D eigenvalue weighted by molar-refractivity contribution is -0.133. The van der Waals surface area contributed by atoms with Crippen LogP contribution in [0.5, 0.6) is 0 Å². The minimum atomic E-state index is -0.413. The van der Waals surface area contributed by atoms with Gasteiger partial charge in [0.15, 0.2) is 11.2 Å². The Balaban J connectivity index is 1.63. The maximum atomic E-state index is 13.5. The standard InChI is InChI=1S/C28H26N2O5/c1-3-13-29(28(33)25-10-7-14-34-25)18-26(31)30(16-21-8-5-4-6-9-21)17-22-19-35-24-12-11-20(2)15-23(24)27(22)32/h3-12,14-15,19H,1,13,16-18H2,2H3. The van der Waals surface area contributed by atoms with E-state index in [0.29, 0.717) is 16.5 Å². The van der Waals surface area contributed by atoms with Crippen molar-refractivity contribution in [1.82, 2.24) is 9.80 Å². The molecule has 2 heterocycles. The topological polar surface area (TPSA) is 84.0 Å². The average Bonchev–Trinajstić information content (AvgIpc) is 3.40. The van der Waals surface area contributed by atoms with E-state index in [9.17, 15) is 14.4 Å². The first-order valence-electron chi connectivity index (χ1n) is 11.2. The van der Waals surface area contributed by atoms with Crippen molar-refractivity contribution < 1.29 is 18.4 Å². The molecule has 7 nitrogen and oxygen atoms in total. The number of rotatable bonds is 9. The molecule has 178 valence electrons. The van der Waals surface area contributed by atoms with Crippen LogP contribution in [-0.2, 0) is 17.9 Å². The highest BCUT2D eigenvalue weighted by molar-refractivity contribution is 5.94. The minimum Gasteiger partial charge on any atom is -0.464 e. The summed E-state index contributed by atoms with van der Waals surface area (Å²) in [7, 11) is 0. The van der Waals surface area contributed by atoms with E-state index in [0.717, 1.165) is 11.1 Å². The molecular weight excluding hydrogens is 444 g/mol. The van der Waals surface area contributed by atoms with Gasteiger partial charge >= 0.3 is 0 Å². The Morgan fingerprint density at radius 3 is 2.49 bits per heavy atom. The summed E-state index contributed by atoms with van der Waals surface area (Å²) in [5.41, 5.74) is 2.51. The van der Waals surface area contributed by atoms with Gasteiger partial charge in [-0.15, -0.1) is 6.58 Å². The van der Waals surface area contributed by atoms with Gasteiger partial charge in [-0.3, -0.25) is 14.4 Å². The highest BCUT2D eigenvalue weighted by Gasteiger charge is 2.24. The molecule has 0 aliphatic rings. The van der Waals surface area contributed by atoms with Crippen LogP contribution in [0.2, 0.25) is 0 Å². The number of carbonyl (C=O) groups excluding carboxylic acids is 2. The Kier molecular flexibility index (Phi) is 7.26. The summed E-state index contributed by atoms with van der Waals surface area (Å²) in [5, 5.41) is 0.468. The first kappa shape index (κ1) is 23.8. The van der Waals surface area contributed by atoms with Crippen molar-refractivity contribution in [2.75, 3.05) is 13.1 Å². The number of amides is 2. The van der Waals surface area contributed by atoms with Gasteiger partial charge in [0.25, 0.3) is 5.91 Å². The third-order valence-electron chi connectivity index (χ3n) is 5.62. The van der Waals surface area contributed by atoms with Crippen LogP contribution in [0.3, 0.4) is 0 Å². The second kappa shape index (κ2) is 10.7. The van der Waals surface area contributed by atoms with Crippen molar-refractivity contribution in [2.45, 2.75) is 20.0 Å². The fourth-order valence-electron chi connectivity index (χ4n) is 3.83. The second-order valence-corrected chi connectivity index (χ2v) is 8.28. The minimum absolute atomic E-state index is 0.0385. The molecule has 2 aromatic carbocycles. The number of furan rings is 1. The molecule has 0 radical (unpaired) electrons. The summed E-state index contributed by atoms with van der Waals surface area (Å²) in [4.78, 5) is 42.4. The van der Waals surface area contributed by atoms with Crippen LogP contribution < -0.4 is 5.43 Å². The lowest BCUT2D eigenvalue weighted by atomic mass is 10.1. The average molecular weight is 471 g/mol. The van der Waals surface area contributed by atoms with Crippen molar-refractivity contribution in [3.63, 3.8) is 0 Å².